The fourth-order valence-corrected chi connectivity index (χ4v) is 2.24. The minimum absolute atomic E-state index is 0.0716. The molecule has 0 aliphatic rings. The minimum atomic E-state index is -0.567. The van der Waals surface area contributed by atoms with E-state index in [-0.39, 0.29) is 6.42 Å². The SMILES string of the molecule is COc1cccc(CCNC(=O)C(=O)Cc2ccc(Cl)cc2)c1. The second-order valence-corrected chi connectivity index (χ2v) is 5.52. The molecule has 0 unspecified atom stereocenters. The molecule has 0 radical (unpaired) electrons. The molecule has 0 aromatic heterocycles. The van der Waals surface area contributed by atoms with Gasteiger partial charge in [0.25, 0.3) is 5.91 Å². The summed E-state index contributed by atoms with van der Waals surface area (Å²) in [6, 6.07) is 14.5. The van der Waals surface area contributed by atoms with Gasteiger partial charge in [0.2, 0.25) is 5.78 Å². The van der Waals surface area contributed by atoms with E-state index < -0.39 is 11.7 Å². The number of carbonyl (C=O) groups is 2. The Bertz CT molecular complexity index is 683. The number of carbonyl (C=O) groups excluding carboxylic acids is 2. The number of hydrogen-bond donors (Lipinski definition) is 1. The van der Waals surface area contributed by atoms with E-state index in [4.69, 9.17) is 16.3 Å². The molecule has 4 nitrogen and oxygen atoms in total. The second kappa shape index (κ2) is 8.34. The standard InChI is InChI=1S/C18H18ClNO3/c1-23-16-4-2-3-13(11-16)9-10-20-18(22)17(21)12-14-5-7-15(19)8-6-14/h2-8,11H,9-10,12H2,1H3,(H,20,22). The van der Waals surface area contributed by atoms with Crippen molar-refractivity contribution in [2.45, 2.75) is 12.8 Å². The van der Waals surface area contributed by atoms with E-state index in [1.54, 1.807) is 31.4 Å². The van der Waals surface area contributed by atoms with Gasteiger partial charge in [-0.3, -0.25) is 9.59 Å². The molecule has 0 saturated heterocycles. The van der Waals surface area contributed by atoms with Gasteiger partial charge in [0.1, 0.15) is 5.75 Å². The second-order valence-electron chi connectivity index (χ2n) is 5.08. The Labute approximate surface area is 140 Å². The van der Waals surface area contributed by atoms with Crippen LogP contribution in [-0.2, 0) is 22.4 Å². The third-order valence-electron chi connectivity index (χ3n) is 3.36. The van der Waals surface area contributed by atoms with Crippen LogP contribution in [0.15, 0.2) is 48.5 Å². The maximum atomic E-state index is 11.9. The zero-order valence-electron chi connectivity index (χ0n) is 12.8. The highest BCUT2D eigenvalue weighted by molar-refractivity contribution is 6.36. The summed E-state index contributed by atoms with van der Waals surface area (Å²) in [5.74, 6) is -0.256. The van der Waals surface area contributed by atoms with Gasteiger partial charge in [0.05, 0.1) is 7.11 Å². The van der Waals surface area contributed by atoms with Crippen LogP contribution in [0.2, 0.25) is 5.02 Å². The van der Waals surface area contributed by atoms with Crippen molar-refractivity contribution in [3.63, 3.8) is 0 Å². The van der Waals surface area contributed by atoms with Gasteiger partial charge in [-0.15, -0.1) is 0 Å². The van der Waals surface area contributed by atoms with Crippen molar-refractivity contribution in [2.24, 2.45) is 0 Å². The van der Waals surface area contributed by atoms with E-state index in [0.717, 1.165) is 16.9 Å². The zero-order valence-corrected chi connectivity index (χ0v) is 13.6. The molecule has 0 atom stereocenters. The molecule has 0 heterocycles. The van der Waals surface area contributed by atoms with Crippen molar-refractivity contribution in [2.75, 3.05) is 13.7 Å². The average molecular weight is 332 g/mol. The predicted octanol–water partition coefficient (Wildman–Crippen LogP) is 2.82. The first-order valence-electron chi connectivity index (χ1n) is 7.27. The molecular formula is C18H18ClNO3. The number of nitrogens with one attached hydrogen (secondary N) is 1. The van der Waals surface area contributed by atoms with Crippen molar-refractivity contribution in [3.8, 4) is 5.75 Å². The van der Waals surface area contributed by atoms with Crippen molar-refractivity contribution < 1.29 is 14.3 Å². The van der Waals surface area contributed by atoms with E-state index in [1.807, 2.05) is 24.3 Å². The van der Waals surface area contributed by atoms with Crippen LogP contribution in [0, 0.1) is 0 Å². The molecule has 2 rings (SSSR count). The molecule has 1 amide bonds. The molecule has 1 N–H and O–H groups in total. The lowest BCUT2D eigenvalue weighted by atomic mass is 10.1. The van der Waals surface area contributed by atoms with Crippen LogP contribution in [0.5, 0.6) is 5.75 Å². The zero-order chi connectivity index (χ0) is 16.7. The highest BCUT2D eigenvalue weighted by Crippen LogP contribution is 2.12. The lowest BCUT2D eigenvalue weighted by molar-refractivity contribution is -0.137. The van der Waals surface area contributed by atoms with Gasteiger partial charge in [-0.05, 0) is 41.8 Å². The summed E-state index contributed by atoms with van der Waals surface area (Å²) in [5.41, 5.74) is 1.80. The van der Waals surface area contributed by atoms with Crippen LogP contribution in [-0.4, -0.2) is 25.3 Å². The first-order valence-corrected chi connectivity index (χ1v) is 7.64. The fourth-order valence-electron chi connectivity index (χ4n) is 2.11. The quantitative estimate of drug-likeness (QED) is 0.794. The highest BCUT2D eigenvalue weighted by Gasteiger charge is 2.13. The smallest absolute Gasteiger partial charge is 0.287 e. The van der Waals surface area contributed by atoms with Gasteiger partial charge < -0.3 is 10.1 Å². The third-order valence-corrected chi connectivity index (χ3v) is 3.62. The predicted molar refractivity (Wildman–Crippen MR) is 89.9 cm³/mol. The first kappa shape index (κ1) is 17.0. The normalized spacial score (nSPS) is 10.2. The largest absolute Gasteiger partial charge is 0.497 e. The Morgan fingerprint density at radius 3 is 2.52 bits per heavy atom. The average Bonchev–Trinajstić information content (AvgIpc) is 2.57. The number of halogens is 1. The number of Topliss-reactive ketones (excluding diaryl/α,β-unsaturated/α-hetero) is 1. The summed E-state index contributed by atoms with van der Waals surface area (Å²) in [4.78, 5) is 23.7. The van der Waals surface area contributed by atoms with Crippen LogP contribution in [0.4, 0.5) is 0 Å². The monoisotopic (exact) mass is 331 g/mol. The Morgan fingerprint density at radius 1 is 1.09 bits per heavy atom. The molecule has 0 bridgehead atoms. The Balaban J connectivity index is 1.79. The van der Waals surface area contributed by atoms with Crippen molar-refractivity contribution >= 4 is 23.3 Å². The number of rotatable bonds is 7. The lowest BCUT2D eigenvalue weighted by Crippen LogP contribution is -2.33. The minimum Gasteiger partial charge on any atom is -0.497 e. The molecule has 23 heavy (non-hydrogen) atoms. The van der Waals surface area contributed by atoms with Gasteiger partial charge in [0, 0.05) is 18.0 Å². The van der Waals surface area contributed by atoms with Gasteiger partial charge in [-0.25, -0.2) is 0 Å². The Hall–Kier alpha value is -2.33. The molecular weight excluding hydrogens is 314 g/mol. The van der Waals surface area contributed by atoms with E-state index >= 15 is 0 Å². The van der Waals surface area contributed by atoms with Gasteiger partial charge >= 0.3 is 0 Å². The summed E-state index contributed by atoms with van der Waals surface area (Å²) in [6.45, 7) is 0.401. The first-order chi connectivity index (χ1) is 11.1. The van der Waals surface area contributed by atoms with Crippen LogP contribution in [0.25, 0.3) is 0 Å². The van der Waals surface area contributed by atoms with Crippen molar-refractivity contribution in [1.82, 2.24) is 5.32 Å². The summed E-state index contributed by atoms with van der Waals surface area (Å²) < 4.78 is 5.14. The summed E-state index contributed by atoms with van der Waals surface area (Å²) in [6.07, 6.45) is 0.708. The molecule has 5 heteroatoms. The lowest BCUT2D eigenvalue weighted by Gasteiger charge is -2.06. The Kier molecular flexibility index (Phi) is 6.18. The van der Waals surface area contributed by atoms with Crippen LogP contribution in [0.3, 0.4) is 0 Å². The number of methoxy groups -OCH3 is 1. The van der Waals surface area contributed by atoms with E-state index in [0.29, 0.717) is 18.0 Å². The van der Waals surface area contributed by atoms with Crippen LogP contribution in [0.1, 0.15) is 11.1 Å². The summed E-state index contributed by atoms with van der Waals surface area (Å²) in [7, 11) is 1.61. The van der Waals surface area contributed by atoms with Crippen LogP contribution >= 0.6 is 11.6 Å². The van der Waals surface area contributed by atoms with Gasteiger partial charge in [0.15, 0.2) is 0 Å². The Morgan fingerprint density at radius 2 is 1.83 bits per heavy atom. The molecule has 0 aliphatic carbocycles. The van der Waals surface area contributed by atoms with Crippen LogP contribution < -0.4 is 10.1 Å². The molecule has 0 aliphatic heterocycles. The molecule has 2 aromatic rings. The maximum Gasteiger partial charge on any atom is 0.287 e. The van der Waals surface area contributed by atoms with E-state index in [2.05, 4.69) is 5.32 Å². The van der Waals surface area contributed by atoms with Gasteiger partial charge in [-0.2, -0.15) is 0 Å². The number of benzene rings is 2. The molecule has 0 spiro atoms. The molecule has 2 aromatic carbocycles. The molecule has 0 fully saturated rings. The van der Waals surface area contributed by atoms with Crippen molar-refractivity contribution in [1.29, 1.82) is 0 Å². The third kappa shape index (κ3) is 5.42. The number of amides is 1. The highest BCUT2D eigenvalue weighted by atomic mass is 35.5. The fraction of sp³-hybridized carbons (Fsp3) is 0.222. The number of ether oxygens (including phenoxy) is 1. The number of ketones is 1. The number of hydrogen-bond acceptors (Lipinski definition) is 3. The summed E-state index contributed by atoms with van der Waals surface area (Å²) >= 11 is 5.79. The van der Waals surface area contributed by atoms with Gasteiger partial charge in [-0.1, -0.05) is 35.9 Å². The topological polar surface area (TPSA) is 55.4 Å². The maximum absolute atomic E-state index is 11.9. The summed E-state index contributed by atoms with van der Waals surface area (Å²) in [5, 5.41) is 3.25. The van der Waals surface area contributed by atoms with Crippen molar-refractivity contribution in [3.05, 3.63) is 64.7 Å². The van der Waals surface area contributed by atoms with E-state index in [1.165, 1.54) is 0 Å². The van der Waals surface area contributed by atoms with E-state index in [9.17, 15) is 9.59 Å². The molecule has 120 valence electrons. The molecule has 0 saturated carbocycles.